The first-order chi connectivity index (χ1) is 14.2. The topological polar surface area (TPSA) is 58.6 Å². The molecule has 138 valence electrons. The van der Waals surface area contributed by atoms with E-state index in [4.69, 9.17) is 4.65 Å². The van der Waals surface area contributed by atoms with Crippen molar-refractivity contribution in [3.63, 3.8) is 0 Å². The molecule has 0 aliphatic carbocycles. The number of nitrogens with one attached hydrogen (secondary N) is 1. The standard InChI is InChI=1S/C24H16BNO3/c27-24(17-6-7-18-13-29-25(28)20(18)12-17)26-21-11-9-16-5-4-14-2-1-3-15-8-10-19(21)23(16)22(14)15/h1-12,28H,13H2,(H,26,27). The lowest BCUT2D eigenvalue weighted by Gasteiger charge is -2.14. The van der Waals surface area contributed by atoms with Crippen molar-refractivity contribution in [3.05, 3.63) is 83.9 Å². The molecule has 5 aromatic carbocycles. The van der Waals surface area contributed by atoms with Crippen LogP contribution in [0.25, 0.3) is 32.3 Å². The number of anilines is 1. The van der Waals surface area contributed by atoms with Crippen molar-refractivity contribution in [2.75, 3.05) is 5.32 Å². The van der Waals surface area contributed by atoms with E-state index in [9.17, 15) is 9.82 Å². The molecule has 1 aliphatic heterocycles. The van der Waals surface area contributed by atoms with Gasteiger partial charge in [-0.2, -0.15) is 0 Å². The highest BCUT2D eigenvalue weighted by Gasteiger charge is 2.28. The van der Waals surface area contributed by atoms with E-state index < -0.39 is 7.12 Å². The highest BCUT2D eigenvalue weighted by atomic mass is 16.5. The second kappa shape index (κ2) is 6.04. The van der Waals surface area contributed by atoms with Gasteiger partial charge in [0.05, 0.1) is 6.61 Å². The van der Waals surface area contributed by atoms with Gasteiger partial charge in [0.25, 0.3) is 5.91 Å². The Labute approximate surface area is 167 Å². The summed E-state index contributed by atoms with van der Waals surface area (Å²) in [5.74, 6) is -0.207. The van der Waals surface area contributed by atoms with Crippen LogP contribution in [0.2, 0.25) is 0 Å². The summed E-state index contributed by atoms with van der Waals surface area (Å²) in [7, 11) is -0.965. The average molecular weight is 377 g/mol. The molecule has 5 aromatic rings. The summed E-state index contributed by atoms with van der Waals surface area (Å²) in [6, 6.07) is 24.0. The molecular formula is C24H16BNO3. The Morgan fingerprint density at radius 1 is 0.897 bits per heavy atom. The fourth-order valence-electron chi connectivity index (χ4n) is 4.39. The van der Waals surface area contributed by atoms with Crippen molar-refractivity contribution in [3.8, 4) is 0 Å². The first-order valence-corrected chi connectivity index (χ1v) is 9.59. The first kappa shape index (κ1) is 16.5. The Balaban J connectivity index is 1.46. The molecule has 29 heavy (non-hydrogen) atoms. The van der Waals surface area contributed by atoms with Crippen LogP contribution in [0.5, 0.6) is 0 Å². The van der Waals surface area contributed by atoms with Gasteiger partial charge in [-0.1, -0.05) is 54.6 Å². The lowest BCUT2D eigenvalue weighted by Crippen LogP contribution is -2.29. The molecular weight excluding hydrogens is 361 g/mol. The molecule has 4 nitrogen and oxygen atoms in total. The van der Waals surface area contributed by atoms with E-state index in [2.05, 4.69) is 47.8 Å². The predicted molar refractivity (Wildman–Crippen MR) is 117 cm³/mol. The molecule has 0 fully saturated rings. The van der Waals surface area contributed by atoms with Crippen molar-refractivity contribution in [1.82, 2.24) is 0 Å². The molecule has 1 heterocycles. The van der Waals surface area contributed by atoms with Gasteiger partial charge in [0.2, 0.25) is 0 Å². The van der Waals surface area contributed by atoms with Crippen LogP contribution in [-0.2, 0) is 11.3 Å². The van der Waals surface area contributed by atoms with Gasteiger partial charge in [-0.15, -0.1) is 0 Å². The third-order valence-corrected chi connectivity index (χ3v) is 5.85. The summed E-state index contributed by atoms with van der Waals surface area (Å²) in [5, 5.41) is 19.9. The maximum absolute atomic E-state index is 12.9. The summed E-state index contributed by atoms with van der Waals surface area (Å²) in [5.41, 5.74) is 2.85. The Bertz CT molecular complexity index is 1410. The molecule has 2 N–H and O–H groups in total. The number of benzene rings is 5. The van der Waals surface area contributed by atoms with Crippen LogP contribution in [0.15, 0.2) is 72.8 Å². The van der Waals surface area contributed by atoms with Crippen LogP contribution in [0.3, 0.4) is 0 Å². The Morgan fingerprint density at radius 2 is 1.62 bits per heavy atom. The number of rotatable bonds is 2. The van der Waals surface area contributed by atoms with E-state index in [1.807, 2.05) is 18.2 Å². The Morgan fingerprint density at radius 3 is 2.45 bits per heavy atom. The minimum absolute atomic E-state index is 0.207. The SMILES string of the molecule is O=C(Nc1ccc2ccc3cccc4ccc1c2c34)c1ccc2c(c1)B(O)OC2. The lowest BCUT2D eigenvalue weighted by atomic mass is 9.79. The number of carbonyl (C=O) groups is 1. The van der Waals surface area contributed by atoms with E-state index in [-0.39, 0.29) is 5.91 Å². The smallest absolute Gasteiger partial charge is 0.423 e. The van der Waals surface area contributed by atoms with Crippen LogP contribution >= 0.6 is 0 Å². The third kappa shape index (κ3) is 2.45. The molecule has 0 saturated carbocycles. The fourth-order valence-corrected chi connectivity index (χ4v) is 4.39. The summed E-state index contributed by atoms with van der Waals surface area (Å²) in [4.78, 5) is 12.9. The van der Waals surface area contributed by atoms with Crippen molar-refractivity contribution < 1.29 is 14.5 Å². The Kier molecular flexibility index (Phi) is 3.45. The average Bonchev–Trinajstić information content (AvgIpc) is 3.13. The molecule has 0 radical (unpaired) electrons. The Hall–Kier alpha value is -3.41. The minimum Gasteiger partial charge on any atom is -0.423 e. The largest absolute Gasteiger partial charge is 0.491 e. The molecule has 5 heteroatoms. The van der Waals surface area contributed by atoms with Gasteiger partial charge in [0.1, 0.15) is 0 Å². The van der Waals surface area contributed by atoms with E-state index in [0.29, 0.717) is 17.6 Å². The molecule has 0 aromatic heterocycles. The van der Waals surface area contributed by atoms with Crippen LogP contribution in [0.1, 0.15) is 15.9 Å². The maximum Gasteiger partial charge on any atom is 0.491 e. The normalized spacial score (nSPS) is 13.5. The number of carbonyl (C=O) groups excluding carboxylic acids is 1. The first-order valence-electron chi connectivity index (χ1n) is 9.59. The predicted octanol–water partition coefficient (Wildman–Crippen LogP) is 4.05. The van der Waals surface area contributed by atoms with E-state index in [1.165, 1.54) is 16.2 Å². The molecule has 6 rings (SSSR count). The van der Waals surface area contributed by atoms with Gasteiger partial charge < -0.3 is 15.0 Å². The molecule has 0 saturated heterocycles. The van der Waals surface area contributed by atoms with Gasteiger partial charge in [-0.3, -0.25) is 4.79 Å². The number of fused-ring (bicyclic) bond motifs is 1. The zero-order valence-electron chi connectivity index (χ0n) is 15.5. The van der Waals surface area contributed by atoms with Crippen LogP contribution in [0.4, 0.5) is 5.69 Å². The highest BCUT2D eigenvalue weighted by molar-refractivity contribution is 6.61. The van der Waals surface area contributed by atoms with Crippen LogP contribution < -0.4 is 10.8 Å². The number of hydrogen-bond donors (Lipinski definition) is 2. The lowest BCUT2D eigenvalue weighted by molar-refractivity contribution is 0.102. The third-order valence-electron chi connectivity index (χ3n) is 5.85. The van der Waals surface area contributed by atoms with Crippen molar-refractivity contribution in [2.45, 2.75) is 6.61 Å². The van der Waals surface area contributed by atoms with Crippen LogP contribution in [0, 0.1) is 0 Å². The summed E-state index contributed by atoms with van der Waals surface area (Å²) in [6.45, 7) is 0.368. The zero-order chi connectivity index (χ0) is 19.5. The number of amides is 1. The summed E-state index contributed by atoms with van der Waals surface area (Å²) in [6.07, 6.45) is 0. The van der Waals surface area contributed by atoms with Crippen molar-refractivity contribution in [1.29, 1.82) is 0 Å². The monoisotopic (exact) mass is 377 g/mol. The number of hydrogen-bond acceptors (Lipinski definition) is 3. The van der Waals surface area contributed by atoms with Crippen LogP contribution in [-0.4, -0.2) is 18.0 Å². The maximum atomic E-state index is 12.9. The van der Waals surface area contributed by atoms with Gasteiger partial charge in [0, 0.05) is 16.6 Å². The van der Waals surface area contributed by atoms with Gasteiger partial charge in [-0.25, -0.2) is 0 Å². The summed E-state index contributed by atoms with van der Waals surface area (Å²) >= 11 is 0. The van der Waals surface area contributed by atoms with Crippen molar-refractivity contribution >= 4 is 56.5 Å². The molecule has 0 spiro atoms. The zero-order valence-corrected chi connectivity index (χ0v) is 15.5. The quantitative estimate of drug-likeness (QED) is 0.360. The van der Waals surface area contributed by atoms with Gasteiger partial charge >= 0.3 is 7.12 Å². The van der Waals surface area contributed by atoms with E-state index >= 15 is 0 Å². The van der Waals surface area contributed by atoms with Gasteiger partial charge in [0.15, 0.2) is 0 Å². The molecule has 1 amide bonds. The second-order valence-electron chi connectivity index (χ2n) is 7.50. The molecule has 0 unspecified atom stereocenters. The molecule has 0 atom stereocenters. The molecule has 1 aliphatic rings. The molecule has 0 bridgehead atoms. The fraction of sp³-hybridized carbons (Fsp3) is 0.0417. The van der Waals surface area contributed by atoms with Crippen molar-refractivity contribution in [2.24, 2.45) is 0 Å². The van der Waals surface area contributed by atoms with Gasteiger partial charge in [-0.05, 0) is 56.2 Å². The van der Waals surface area contributed by atoms with E-state index in [1.54, 1.807) is 12.1 Å². The highest BCUT2D eigenvalue weighted by Crippen LogP contribution is 2.37. The second-order valence-corrected chi connectivity index (χ2v) is 7.50. The van der Waals surface area contributed by atoms with E-state index in [0.717, 1.165) is 27.4 Å². The minimum atomic E-state index is -0.965. The summed E-state index contributed by atoms with van der Waals surface area (Å²) < 4.78 is 5.22.